The summed E-state index contributed by atoms with van der Waals surface area (Å²) in [4.78, 5) is 21.8. The molecule has 6 nitrogen and oxygen atoms in total. The van der Waals surface area contributed by atoms with Crippen LogP contribution >= 0.6 is 0 Å². The van der Waals surface area contributed by atoms with Crippen LogP contribution in [0.15, 0.2) is 16.7 Å². The van der Waals surface area contributed by atoms with Crippen molar-refractivity contribution in [3.63, 3.8) is 0 Å². The molecule has 1 saturated heterocycles. The molecular weight excluding hydrogens is 325 g/mol. The van der Waals surface area contributed by atoms with E-state index in [0.29, 0.717) is 31.2 Å². The Hall–Kier alpha value is -2.45. The van der Waals surface area contributed by atoms with E-state index in [1.807, 2.05) is 0 Å². The third-order valence-electron chi connectivity index (χ3n) is 3.97. The van der Waals surface area contributed by atoms with Crippen LogP contribution < -0.4 is 0 Å². The highest BCUT2D eigenvalue weighted by molar-refractivity contribution is 5.95. The van der Waals surface area contributed by atoms with E-state index in [0.717, 1.165) is 6.07 Å². The molecule has 0 aliphatic carbocycles. The lowest BCUT2D eigenvalue weighted by Crippen LogP contribution is -2.29. The predicted molar refractivity (Wildman–Crippen MR) is 76.3 cm³/mol. The Morgan fingerprint density at radius 3 is 2.62 bits per heavy atom. The molecule has 0 radical (unpaired) electrons. The molecule has 0 N–H and O–H groups in total. The largest absolute Gasteiger partial charge is 0.433 e. The Morgan fingerprint density at radius 1 is 1.29 bits per heavy atom. The molecule has 1 amide bonds. The summed E-state index contributed by atoms with van der Waals surface area (Å²) in [6.45, 7) is 3.98. The van der Waals surface area contributed by atoms with E-state index < -0.39 is 11.9 Å². The maximum atomic E-state index is 12.7. The summed E-state index contributed by atoms with van der Waals surface area (Å²) in [5, 5.41) is 3.73. The molecule has 2 aromatic heterocycles. The van der Waals surface area contributed by atoms with Crippen LogP contribution in [-0.2, 0) is 6.18 Å². The smallest absolute Gasteiger partial charge is 0.339 e. The van der Waals surface area contributed by atoms with Crippen LogP contribution in [0.5, 0.6) is 0 Å². The van der Waals surface area contributed by atoms with Crippen LogP contribution in [0.2, 0.25) is 0 Å². The molecule has 3 heterocycles. The Labute approximate surface area is 135 Å². The number of halogens is 3. The number of rotatable bonds is 2. The lowest BCUT2D eigenvalue weighted by Gasteiger charge is -2.17. The lowest BCUT2D eigenvalue weighted by molar-refractivity contribution is -0.141. The van der Waals surface area contributed by atoms with Gasteiger partial charge in [0.25, 0.3) is 5.91 Å². The van der Waals surface area contributed by atoms with E-state index in [1.54, 1.807) is 11.8 Å². The van der Waals surface area contributed by atoms with Crippen LogP contribution in [0, 0.1) is 13.8 Å². The Kier molecular flexibility index (Phi) is 4.02. The van der Waals surface area contributed by atoms with Crippen molar-refractivity contribution in [1.29, 1.82) is 0 Å². The van der Waals surface area contributed by atoms with Crippen molar-refractivity contribution in [3.05, 3.63) is 40.8 Å². The van der Waals surface area contributed by atoms with Crippen LogP contribution in [0.1, 0.15) is 45.8 Å². The average molecular weight is 340 g/mol. The van der Waals surface area contributed by atoms with Crippen molar-refractivity contribution >= 4 is 5.91 Å². The minimum atomic E-state index is -4.53. The topological polar surface area (TPSA) is 72.1 Å². The molecule has 0 saturated carbocycles. The molecule has 2 aromatic rings. The summed E-state index contributed by atoms with van der Waals surface area (Å²) in [6, 6.07) is 2.01. The first-order chi connectivity index (χ1) is 11.3. The van der Waals surface area contributed by atoms with Gasteiger partial charge in [-0.15, -0.1) is 0 Å². The molecule has 9 heteroatoms. The fourth-order valence-electron chi connectivity index (χ4n) is 2.74. The summed E-state index contributed by atoms with van der Waals surface area (Å²) in [7, 11) is 0. The summed E-state index contributed by atoms with van der Waals surface area (Å²) >= 11 is 0. The van der Waals surface area contributed by atoms with Crippen LogP contribution in [0.3, 0.4) is 0 Å². The fourth-order valence-corrected chi connectivity index (χ4v) is 2.74. The molecule has 3 rings (SSSR count). The van der Waals surface area contributed by atoms with Gasteiger partial charge in [-0.2, -0.15) is 18.2 Å². The van der Waals surface area contributed by atoms with E-state index in [2.05, 4.69) is 15.1 Å². The SMILES string of the molecule is Cc1noc([C@@H]2CCN(C(=O)c3ccc(C(F)(F)F)nc3C)C2)n1. The molecule has 0 bridgehead atoms. The molecule has 0 spiro atoms. The van der Waals surface area contributed by atoms with Crippen LogP contribution in [-0.4, -0.2) is 39.0 Å². The van der Waals surface area contributed by atoms with Gasteiger partial charge in [-0.1, -0.05) is 5.16 Å². The maximum Gasteiger partial charge on any atom is 0.433 e. The molecular formula is C15H15F3N4O2. The molecule has 128 valence electrons. The van der Waals surface area contributed by atoms with E-state index in [1.165, 1.54) is 13.0 Å². The number of amides is 1. The fraction of sp³-hybridized carbons (Fsp3) is 0.467. The number of pyridine rings is 1. The standard InChI is InChI=1S/C15H15F3N4O2/c1-8-11(3-4-12(19-8)15(16,17)18)14(23)22-6-5-10(7-22)13-20-9(2)21-24-13/h3-4,10H,5-7H2,1-2H3/t10-/m1/s1. The zero-order valence-corrected chi connectivity index (χ0v) is 13.1. The number of alkyl halides is 3. The molecule has 1 fully saturated rings. The van der Waals surface area contributed by atoms with Gasteiger partial charge in [0.05, 0.1) is 17.2 Å². The van der Waals surface area contributed by atoms with Crippen molar-refractivity contribution in [1.82, 2.24) is 20.0 Å². The summed E-state index contributed by atoms with van der Waals surface area (Å²) in [5.41, 5.74) is -0.769. The zero-order chi connectivity index (χ0) is 17.5. The van der Waals surface area contributed by atoms with Gasteiger partial charge in [-0.05, 0) is 32.4 Å². The van der Waals surface area contributed by atoms with E-state index >= 15 is 0 Å². The van der Waals surface area contributed by atoms with Gasteiger partial charge in [-0.25, -0.2) is 4.98 Å². The van der Waals surface area contributed by atoms with Gasteiger partial charge in [0, 0.05) is 13.1 Å². The molecule has 1 aliphatic rings. The minimum Gasteiger partial charge on any atom is -0.339 e. The summed E-state index contributed by atoms with van der Waals surface area (Å²) in [6.07, 6.45) is -3.86. The van der Waals surface area contributed by atoms with Crippen molar-refractivity contribution in [3.8, 4) is 0 Å². The third kappa shape index (κ3) is 3.10. The van der Waals surface area contributed by atoms with Gasteiger partial charge >= 0.3 is 6.18 Å². The Balaban J connectivity index is 1.76. The molecule has 1 atom stereocenters. The molecule has 0 aromatic carbocycles. The number of hydrogen-bond donors (Lipinski definition) is 0. The van der Waals surface area contributed by atoms with Crippen molar-refractivity contribution in [2.45, 2.75) is 32.4 Å². The van der Waals surface area contributed by atoms with Gasteiger partial charge in [0.2, 0.25) is 5.89 Å². The number of likely N-dealkylation sites (tertiary alicyclic amines) is 1. The first kappa shape index (κ1) is 16.4. The highest BCUT2D eigenvalue weighted by atomic mass is 19.4. The van der Waals surface area contributed by atoms with Crippen molar-refractivity contribution in [2.75, 3.05) is 13.1 Å². The average Bonchev–Trinajstić information content (AvgIpc) is 3.14. The first-order valence-electron chi connectivity index (χ1n) is 7.40. The highest BCUT2D eigenvalue weighted by Gasteiger charge is 2.35. The third-order valence-corrected chi connectivity index (χ3v) is 3.97. The number of nitrogens with zero attached hydrogens (tertiary/aromatic N) is 4. The van der Waals surface area contributed by atoms with Crippen molar-refractivity contribution < 1.29 is 22.5 Å². The normalized spacial score (nSPS) is 18.2. The zero-order valence-electron chi connectivity index (χ0n) is 13.1. The number of carbonyl (C=O) groups excluding carboxylic acids is 1. The number of aryl methyl sites for hydroxylation is 2. The van der Waals surface area contributed by atoms with E-state index in [4.69, 9.17) is 4.52 Å². The molecule has 0 unspecified atom stereocenters. The second-order valence-corrected chi connectivity index (χ2v) is 5.74. The summed E-state index contributed by atoms with van der Waals surface area (Å²) < 4.78 is 43.1. The van der Waals surface area contributed by atoms with E-state index in [9.17, 15) is 18.0 Å². The van der Waals surface area contributed by atoms with Gasteiger partial charge in [0.15, 0.2) is 5.82 Å². The number of hydrogen-bond acceptors (Lipinski definition) is 5. The Morgan fingerprint density at radius 2 is 2.04 bits per heavy atom. The molecule has 24 heavy (non-hydrogen) atoms. The van der Waals surface area contributed by atoms with Crippen LogP contribution in [0.4, 0.5) is 13.2 Å². The Bertz CT molecular complexity index is 772. The predicted octanol–water partition coefficient (Wildman–Crippen LogP) is 2.73. The number of carbonyl (C=O) groups is 1. The number of aromatic nitrogens is 3. The summed E-state index contributed by atoms with van der Waals surface area (Å²) in [5.74, 6) is 0.605. The lowest BCUT2D eigenvalue weighted by atomic mass is 10.1. The van der Waals surface area contributed by atoms with E-state index in [-0.39, 0.29) is 23.1 Å². The van der Waals surface area contributed by atoms with Gasteiger partial charge < -0.3 is 9.42 Å². The second-order valence-electron chi connectivity index (χ2n) is 5.74. The minimum absolute atomic E-state index is 0.0575. The monoisotopic (exact) mass is 340 g/mol. The highest BCUT2D eigenvalue weighted by Crippen LogP contribution is 2.30. The first-order valence-corrected chi connectivity index (χ1v) is 7.40. The van der Waals surface area contributed by atoms with Crippen molar-refractivity contribution in [2.24, 2.45) is 0 Å². The maximum absolute atomic E-state index is 12.7. The second kappa shape index (κ2) is 5.88. The van der Waals surface area contributed by atoms with Crippen LogP contribution in [0.25, 0.3) is 0 Å². The van der Waals surface area contributed by atoms with Gasteiger partial charge in [0.1, 0.15) is 5.69 Å². The quantitative estimate of drug-likeness (QED) is 0.840. The molecule has 1 aliphatic heterocycles. The van der Waals surface area contributed by atoms with Gasteiger partial charge in [-0.3, -0.25) is 4.79 Å².